The molecule has 25 heavy (non-hydrogen) atoms. The van der Waals surface area contributed by atoms with Gasteiger partial charge in [0.25, 0.3) is 5.91 Å². The van der Waals surface area contributed by atoms with Gasteiger partial charge in [0.05, 0.1) is 5.69 Å². The average molecular weight is 336 g/mol. The number of aromatic nitrogens is 1. The number of fused-ring (bicyclic) bond motifs is 1. The molecular weight excluding hydrogens is 312 g/mol. The van der Waals surface area contributed by atoms with Crippen LogP contribution in [-0.2, 0) is 5.60 Å². The van der Waals surface area contributed by atoms with Crippen molar-refractivity contribution in [1.29, 1.82) is 0 Å². The first-order chi connectivity index (χ1) is 12.2. The third kappa shape index (κ3) is 2.85. The van der Waals surface area contributed by atoms with Crippen LogP contribution < -0.4 is 0 Å². The van der Waals surface area contributed by atoms with E-state index in [4.69, 9.17) is 0 Å². The number of piperidine rings is 1. The summed E-state index contributed by atoms with van der Waals surface area (Å²) in [6.45, 7) is 0.571. The molecule has 1 aromatic heterocycles. The lowest BCUT2D eigenvalue weighted by atomic mass is 9.67. The molecule has 1 unspecified atom stereocenters. The van der Waals surface area contributed by atoms with E-state index in [1.54, 1.807) is 6.20 Å². The van der Waals surface area contributed by atoms with Crippen molar-refractivity contribution in [2.24, 2.45) is 5.92 Å². The zero-order valence-corrected chi connectivity index (χ0v) is 14.3. The molecule has 4 rings (SSSR count). The van der Waals surface area contributed by atoms with Crippen LogP contribution in [0.5, 0.6) is 0 Å². The second-order valence-corrected chi connectivity index (χ2v) is 7.21. The minimum atomic E-state index is -0.931. The molecule has 0 spiro atoms. The van der Waals surface area contributed by atoms with Gasteiger partial charge in [-0.3, -0.25) is 9.78 Å². The molecule has 4 heteroatoms. The predicted molar refractivity (Wildman–Crippen MR) is 96.0 cm³/mol. The molecule has 0 bridgehead atoms. The largest absolute Gasteiger partial charge is 0.383 e. The summed E-state index contributed by atoms with van der Waals surface area (Å²) in [4.78, 5) is 19.5. The zero-order valence-electron chi connectivity index (χ0n) is 14.3. The Balaban J connectivity index is 1.66. The second kappa shape index (κ2) is 6.60. The summed E-state index contributed by atoms with van der Waals surface area (Å²) in [5, 5.41) is 11.5. The van der Waals surface area contributed by atoms with Crippen LogP contribution in [0.2, 0.25) is 0 Å². The van der Waals surface area contributed by atoms with Crippen LogP contribution in [0.1, 0.15) is 48.2 Å². The quantitative estimate of drug-likeness (QED) is 0.915. The van der Waals surface area contributed by atoms with E-state index in [9.17, 15) is 9.90 Å². The molecule has 2 aliphatic rings. The lowest BCUT2D eigenvalue weighted by Crippen LogP contribution is -2.59. The number of likely N-dealkylation sites (tertiary alicyclic amines) is 1. The fourth-order valence-electron chi connectivity index (χ4n) is 4.62. The SMILES string of the molecule is O=C(c1ccccc1)N1CCC(O)(c2ccccn2)[C@@H]2CCCC[C@H]21. The lowest BCUT2D eigenvalue weighted by Gasteiger charge is -2.52. The number of aliphatic hydroxyl groups is 1. The molecule has 2 fully saturated rings. The molecule has 3 atom stereocenters. The third-order valence-electron chi connectivity index (χ3n) is 5.87. The van der Waals surface area contributed by atoms with Crippen LogP contribution >= 0.6 is 0 Å². The Bertz CT molecular complexity index is 734. The van der Waals surface area contributed by atoms with Crippen LogP contribution in [0.15, 0.2) is 54.7 Å². The minimum Gasteiger partial charge on any atom is -0.383 e. The molecule has 1 aliphatic carbocycles. The Morgan fingerprint density at radius 3 is 2.60 bits per heavy atom. The summed E-state index contributed by atoms with van der Waals surface area (Å²) in [7, 11) is 0. The Kier molecular flexibility index (Phi) is 4.30. The maximum absolute atomic E-state index is 13.0. The van der Waals surface area contributed by atoms with Crippen molar-refractivity contribution in [3.63, 3.8) is 0 Å². The summed E-state index contributed by atoms with van der Waals surface area (Å²) < 4.78 is 0. The normalized spacial score (nSPS) is 29.1. The van der Waals surface area contributed by atoms with Crippen LogP contribution in [0.25, 0.3) is 0 Å². The van der Waals surface area contributed by atoms with Crippen LogP contribution in [-0.4, -0.2) is 33.5 Å². The Labute approximate surface area is 148 Å². The molecule has 2 heterocycles. The van der Waals surface area contributed by atoms with Gasteiger partial charge >= 0.3 is 0 Å². The second-order valence-electron chi connectivity index (χ2n) is 7.21. The zero-order chi connectivity index (χ0) is 17.3. The fraction of sp³-hybridized carbons (Fsp3) is 0.429. The van der Waals surface area contributed by atoms with E-state index in [-0.39, 0.29) is 17.9 Å². The van der Waals surface area contributed by atoms with Crippen LogP contribution in [0.4, 0.5) is 0 Å². The van der Waals surface area contributed by atoms with Crippen molar-refractivity contribution in [3.8, 4) is 0 Å². The highest BCUT2D eigenvalue weighted by Gasteiger charge is 2.51. The molecule has 0 radical (unpaired) electrons. The lowest BCUT2D eigenvalue weighted by molar-refractivity contribution is -0.113. The minimum absolute atomic E-state index is 0.0533. The molecule has 1 N–H and O–H groups in total. The molecule has 130 valence electrons. The van der Waals surface area contributed by atoms with Crippen molar-refractivity contribution in [2.75, 3.05) is 6.54 Å². The Morgan fingerprint density at radius 2 is 1.84 bits per heavy atom. The topological polar surface area (TPSA) is 53.4 Å². The highest BCUT2D eigenvalue weighted by atomic mass is 16.3. The number of carbonyl (C=O) groups excluding carboxylic acids is 1. The summed E-state index contributed by atoms with van der Waals surface area (Å²) in [5.74, 6) is 0.137. The van der Waals surface area contributed by atoms with Crippen molar-refractivity contribution in [2.45, 2.75) is 43.7 Å². The van der Waals surface area contributed by atoms with Crippen molar-refractivity contribution in [3.05, 3.63) is 66.0 Å². The van der Waals surface area contributed by atoms with E-state index >= 15 is 0 Å². The van der Waals surface area contributed by atoms with Gasteiger partial charge in [0.15, 0.2) is 0 Å². The molecule has 1 saturated carbocycles. The molecule has 1 saturated heterocycles. The highest BCUT2D eigenvalue weighted by molar-refractivity contribution is 5.94. The summed E-state index contributed by atoms with van der Waals surface area (Å²) in [5.41, 5.74) is 0.550. The maximum atomic E-state index is 13.0. The number of hydrogen-bond donors (Lipinski definition) is 1. The first-order valence-electron chi connectivity index (χ1n) is 9.20. The van der Waals surface area contributed by atoms with E-state index in [0.29, 0.717) is 13.0 Å². The smallest absolute Gasteiger partial charge is 0.254 e. The Morgan fingerprint density at radius 1 is 1.08 bits per heavy atom. The van der Waals surface area contributed by atoms with Gasteiger partial charge in [-0.25, -0.2) is 0 Å². The van der Waals surface area contributed by atoms with Crippen molar-refractivity contribution >= 4 is 5.91 Å². The third-order valence-corrected chi connectivity index (χ3v) is 5.87. The monoisotopic (exact) mass is 336 g/mol. The van der Waals surface area contributed by atoms with Crippen molar-refractivity contribution in [1.82, 2.24) is 9.88 Å². The maximum Gasteiger partial charge on any atom is 0.254 e. The number of amides is 1. The first kappa shape index (κ1) is 16.3. The standard InChI is InChI=1S/C21H24N2O2/c24-20(16-8-2-1-3-9-16)23-15-13-21(25,19-12-6-7-14-22-19)17-10-4-5-11-18(17)23/h1-3,6-9,12,14,17-18,25H,4-5,10-11,13,15H2/t17-,18-,21?/m1/s1. The van der Waals surface area contributed by atoms with Gasteiger partial charge in [-0.2, -0.15) is 0 Å². The molecule has 2 aromatic rings. The highest BCUT2D eigenvalue weighted by Crippen LogP contribution is 2.46. The van der Waals surface area contributed by atoms with Gasteiger partial charge in [0.1, 0.15) is 5.60 Å². The van der Waals surface area contributed by atoms with Gasteiger partial charge in [0, 0.05) is 30.3 Å². The van der Waals surface area contributed by atoms with Gasteiger partial charge in [-0.15, -0.1) is 0 Å². The van der Waals surface area contributed by atoms with E-state index in [1.165, 1.54) is 0 Å². The van der Waals surface area contributed by atoms with Crippen LogP contribution in [0.3, 0.4) is 0 Å². The summed E-state index contributed by atoms with van der Waals surface area (Å²) in [6, 6.07) is 15.3. The van der Waals surface area contributed by atoms with E-state index < -0.39 is 5.60 Å². The molecule has 1 aliphatic heterocycles. The number of carbonyl (C=O) groups is 1. The fourth-order valence-corrected chi connectivity index (χ4v) is 4.62. The van der Waals surface area contributed by atoms with E-state index in [0.717, 1.165) is 36.9 Å². The summed E-state index contributed by atoms with van der Waals surface area (Å²) in [6.07, 6.45) is 6.40. The molecule has 1 amide bonds. The van der Waals surface area contributed by atoms with Gasteiger partial charge in [0.2, 0.25) is 0 Å². The van der Waals surface area contributed by atoms with Gasteiger partial charge in [-0.05, 0) is 43.5 Å². The average Bonchev–Trinajstić information content (AvgIpc) is 2.69. The molecule has 1 aromatic carbocycles. The first-order valence-corrected chi connectivity index (χ1v) is 9.20. The van der Waals surface area contributed by atoms with E-state index in [2.05, 4.69) is 4.98 Å². The number of pyridine rings is 1. The van der Waals surface area contributed by atoms with Gasteiger partial charge in [-0.1, -0.05) is 37.1 Å². The summed E-state index contributed by atoms with van der Waals surface area (Å²) >= 11 is 0. The Hall–Kier alpha value is -2.20. The number of nitrogens with zero attached hydrogens (tertiary/aromatic N) is 2. The van der Waals surface area contributed by atoms with Crippen LogP contribution in [0, 0.1) is 5.92 Å². The number of benzene rings is 1. The van der Waals surface area contributed by atoms with E-state index in [1.807, 2.05) is 53.4 Å². The van der Waals surface area contributed by atoms with Crippen molar-refractivity contribution < 1.29 is 9.90 Å². The number of hydrogen-bond acceptors (Lipinski definition) is 3. The van der Waals surface area contributed by atoms with Gasteiger partial charge < -0.3 is 10.0 Å². The predicted octanol–water partition coefficient (Wildman–Crippen LogP) is 3.37. The number of rotatable bonds is 2. The molecule has 4 nitrogen and oxygen atoms in total. The molecular formula is C21H24N2O2.